The number of anilines is 1. The van der Waals surface area contributed by atoms with Crippen molar-refractivity contribution < 1.29 is 29.6 Å². The number of methoxy groups -OCH3 is 1. The molecule has 2 heterocycles. The number of rotatable bonds is 3. The minimum atomic E-state index is -1.24. The highest BCUT2D eigenvalue weighted by atomic mass is 32.1. The lowest BCUT2D eigenvalue weighted by molar-refractivity contribution is -0.0228. The van der Waals surface area contributed by atoms with E-state index < -0.39 is 37.0 Å². The molecule has 0 saturated carbocycles. The summed E-state index contributed by atoms with van der Waals surface area (Å²) in [6.07, 6.45) is -4.29. The number of hydrogen-bond acceptors (Lipinski definition) is 9. The van der Waals surface area contributed by atoms with Gasteiger partial charge < -0.3 is 30.5 Å². The molecule has 1 fully saturated rings. The lowest BCUT2D eigenvalue weighted by Crippen LogP contribution is -2.32. The average Bonchev–Trinajstić information content (AvgIpc) is 2.91. The largest absolute Gasteiger partial charge is 0.464 e. The molecule has 0 amide bonds. The van der Waals surface area contributed by atoms with Crippen molar-refractivity contribution in [2.75, 3.05) is 19.5 Å². The van der Waals surface area contributed by atoms with Crippen molar-refractivity contribution in [2.45, 2.75) is 24.4 Å². The van der Waals surface area contributed by atoms with Crippen molar-refractivity contribution in [3.8, 4) is 0 Å². The maximum absolute atomic E-state index is 11.4. The first-order valence-electron chi connectivity index (χ1n) is 5.46. The Kier molecular flexibility index (Phi) is 4.02. The molecular formula is C10H14N2O6S. The van der Waals surface area contributed by atoms with Crippen molar-refractivity contribution in [1.82, 2.24) is 4.98 Å². The number of carbonyl (C=O) groups excluding carboxylic acids is 1. The van der Waals surface area contributed by atoms with Crippen LogP contribution in [-0.2, 0) is 9.47 Å². The second kappa shape index (κ2) is 5.39. The number of carbonyl (C=O) groups is 1. The Morgan fingerprint density at radius 3 is 2.74 bits per heavy atom. The third-order valence-electron chi connectivity index (χ3n) is 2.83. The standard InChI is InChI=1S/C10H14N2O6S/c1-17-10(16)4-8(11)19-9(12-4)7-6(15)5(14)3(2-13)18-7/h3,5-7,13-15H,2,11H2,1H3. The van der Waals surface area contributed by atoms with Gasteiger partial charge in [-0.25, -0.2) is 9.78 Å². The van der Waals surface area contributed by atoms with Gasteiger partial charge in [-0.05, 0) is 0 Å². The van der Waals surface area contributed by atoms with Crippen LogP contribution in [0.1, 0.15) is 21.6 Å². The third-order valence-corrected chi connectivity index (χ3v) is 3.78. The van der Waals surface area contributed by atoms with Crippen LogP contribution in [0.15, 0.2) is 0 Å². The lowest BCUT2D eigenvalue weighted by Gasteiger charge is -2.11. The molecule has 8 nitrogen and oxygen atoms in total. The summed E-state index contributed by atoms with van der Waals surface area (Å²) in [5.74, 6) is -0.688. The number of nitrogens with zero attached hydrogens (tertiary/aromatic N) is 1. The third kappa shape index (κ3) is 2.42. The van der Waals surface area contributed by atoms with E-state index in [-0.39, 0.29) is 15.7 Å². The van der Waals surface area contributed by atoms with Gasteiger partial charge in [-0.2, -0.15) is 0 Å². The van der Waals surface area contributed by atoms with Gasteiger partial charge in [0.25, 0.3) is 0 Å². The highest BCUT2D eigenvalue weighted by Gasteiger charge is 2.44. The fourth-order valence-electron chi connectivity index (χ4n) is 1.82. The maximum Gasteiger partial charge on any atom is 0.359 e. The number of aliphatic hydroxyl groups excluding tert-OH is 3. The molecule has 19 heavy (non-hydrogen) atoms. The van der Waals surface area contributed by atoms with Crippen molar-refractivity contribution in [1.29, 1.82) is 0 Å². The first-order valence-corrected chi connectivity index (χ1v) is 6.28. The number of thiazole rings is 1. The van der Waals surface area contributed by atoms with E-state index in [1.54, 1.807) is 0 Å². The first-order chi connectivity index (χ1) is 8.99. The van der Waals surface area contributed by atoms with Crippen LogP contribution in [0.2, 0.25) is 0 Å². The van der Waals surface area contributed by atoms with E-state index in [4.69, 9.17) is 15.6 Å². The predicted octanol–water partition coefficient (Wildman–Crippen LogP) is -1.33. The van der Waals surface area contributed by atoms with E-state index >= 15 is 0 Å². The van der Waals surface area contributed by atoms with Crippen LogP contribution in [-0.4, -0.2) is 58.3 Å². The Morgan fingerprint density at radius 2 is 2.21 bits per heavy atom. The predicted molar refractivity (Wildman–Crippen MR) is 64.6 cm³/mol. The summed E-state index contributed by atoms with van der Waals surface area (Å²) in [4.78, 5) is 15.3. The summed E-state index contributed by atoms with van der Waals surface area (Å²) < 4.78 is 9.81. The van der Waals surface area contributed by atoms with Gasteiger partial charge in [-0.15, -0.1) is 0 Å². The van der Waals surface area contributed by atoms with Crippen molar-refractivity contribution in [3.05, 3.63) is 10.7 Å². The highest BCUT2D eigenvalue weighted by molar-refractivity contribution is 7.16. The smallest absolute Gasteiger partial charge is 0.359 e. The molecule has 5 N–H and O–H groups in total. The van der Waals surface area contributed by atoms with Gasteiger partial charge in [0, 0.05) is 0 Å². The number of nitrogen functional groups attached to an aromatic ring is 1. The SMILES string of the molecule is COC(=O)c1nc(C2OC(CO)C(O)C2O)sc1N. The van der Waals surface area contributed by atoms with Crippen molar-refractivity contribution >= 4 is 22.3 Å². The Balaban J connectivity index is 2.26. The lowest BCUT2D eigenvalue weighted by atomic mass is 10.1. The number of ether oxygens (including phenoxy) is 2. The van der Waals surface area contributed by atoms with E-state index in [1.165, 1.54) is 7.11 Å². The molecule has 0 aliphatic carbocycles. The minimum Gasteiger partial charge on any atom is -0.464 e. The van der Waals surface area contributed by atoms with E-state index in [9.17, 15) is 15.0 Å². The van der Waals surface area contributed by atoms with Crippen molar-refractivity contribution in [2.24, 2.45) is 0 Å². The zero-order valence-corrected chi connectivity index (χ0v) is 10.8. The van der Waals surface area contributed by atoms with E-state index in [0.29, 0.717) is 0 Å². The summed E-state index contributed by atoms with van der Waals surface area (Å²) in [7, 11) is 1.20. The average molecular weight is 290 g/mol. The number of hydrogen-bond donors (Lipinski definition) is 4. The molecule has 9 heteroatoms. The topological polar surface area (TPSA) is 135 Å². The van der Waals surface area contributed by atoms with Crippen molar-refractivity contribution in [3.63, 3.8) is 0 Å². The number of aliphatic hydroxyl groups is 3. The quantitative estimate of drug-likeness (QED) is 0.503. The Labute approximate surface area is 112 Å². The molecule has 4 atom stereocenters. The Morgan fingerprint density at radius 1 is 1.53 bits per heavy atom. The molecular weight excluding hydrogens is 276 g/mol. The molecule has 0 spiro atoms. The van der Waals surface area contributed by atoms with Crippen LogP contribution >= 0.6 is 11.3 Å². The Hall–Kier alpha value is -1.26. The summed E-state index contributed by atoms with van der Waals surface area (Å²) in [5.41, 5.74) is 5.58. The molecule has 0 radical (unpaired) electrons. The molecule has 0 aromatic carbocycles. The monoisotopic (exact) mass is 290 g/mol. The fourth-order valence-corrected chi connectivity index (χ4v) is 2.72. The molecule has 2 rings (SSSR count). The fraction of sp³-hybridized carbons (Fsp3) is 0.600. The molecule has 1 aromatic heterocycles. The van der Waals surface area contributed by atoms with Crippen LogP contribution in [0.4, 0.5) is 5.00 Å². The highest BCUT2D eigenvalue weighted by Crippen LogP contribution is 2.37. The molecule has 1 aliphatic rings. The van der Waals surface area contributed by atoms with E-state index in [2.05, 4.69) is 9.72 Å². The van der Waals surface area contributed by atoms with Gasteiger partial charge in [0.2, 0.25) is 0 Å². The minimum absolute atomic E-state index is 0.0553. The van der Waals surface area contributed by atoms with Gasteiger partial charge >= 0.3 is 5.97 Å². The van der Waals surface area contributed by atoms with Crippen LogP contribution in [0, 0.1) is 0 Å². The zero-order chi connectivity index (χ0) is 14.2. The summed E-state index contributed by atoms with van der Waals surface area (Å²) in [5, 5.41) is 28.9. The van der Waals surface area contributed by atoms with Crippen LogP contribution < -0.4 is 5.73 Å². The van der Waals surface area contributed by atoms with Gasteiger partial charge in [0.15, 0.2) is 5.69 Å². The van der Waals surface area contributed by atoms with Gasteiger partial charge in [0.05, 0.1) is 13.7 Å². The molecule has 1 aromatic rings. The molecule has 1 aliphatic heterocycles. The first kappa shape index (κ1) is 14.2. The second-order valence-corrected chi connectivity index (χ2v) is 5.08. The summed E-state index contributed by atoms with van der Waals surface area (Å²) in [6.45, 7) is -0.431. The summed E-state index contributed by atoms with van der Waals surface area (Å²) >= 11 is 0.962. The maximum atomic E-state index is 11.4. The van der Waals surface area contributed by atoms with E-state index in [1.807, 2.05) is 0 Å². The molecule has 106 valence electrons. The van der Waals surface area contributed by atoms with Gasteiger partial charge in [0.1, 0.15) is 34.4 Å². The van der Waals surface area contributed by atoms with Gasteiger partial charge in [-0.1, -0.05) is 11.3 Å². The Bertz CT molecular complexity index is 479. The van der Waals surface area contributed by atoms with Crippen LogP contribution in [0.3, 0.4) is 0 Å². The number of aromatic nitrogens is 1. The molecule has 4 unspecified atom stereocenters. The normalized spacial score (nSPS) is 30.5. The van der Waals surface area contributed by atoms with Crippen LogP contribution in [0.5, 0.6) is 0 Å². The number of nitrogens with two attached hydrogens (primary N) is 1. The van der Waals surface area contributed by atoms with Gasteiger partial charge in [-0.3, -0.25) is 0 Å². The summed E-state index contributed by atoms with van der Waals surface area (Å²) in [6, 6.07) is 0. The molecule has 0 bridgehead atoms. The zero-order valence-electron chi connectivity index (χ0n) is 10.0. The number of esters is 1. The second-order valence-electron chi connectivity index (χ2n) is 4.02. The van der Waals surface area contributed by atoms with Crippen LogP contribution in [0.25, 0.3) is 0 Å². The molecule has 1 saturated heterocycles. The van der Waals surface area contributed by atoms with E-state index in [0.717, 1.165) is 11.3 Å².